The lowest BCUT2D eigenvalue weighted by Crippen LogP contribution is -2.54. The molecular weight excluding hydrogens is 465 g/mol. The summed E-state index contributed by atoms with van der Waals surface area (Å²) in [5.41, 5.74) is 1.24. The van der Waals surface area contributed by atoms with Gasteiger partial charge in [-0.25, -0.2) is 4.98 Å². The molecule has 0 unspecified atom stereocenters. The number of guanidine groups is 1. The summed E-state index contributed by atoms with van der Waals surface area (Å²) in [7, 11) is 1.82. The van der Waals surface area contributed by atoms with E-state index < -0.39 is 0 Å². The first-order chi connectivity index (χ1) is 13.1. The summed E-state index contributed by atoms with van der Waals surface area (Å²) >= 11 is 0. The van der Waals surface area contributed by atoms with E-state index in [1.54, 1.807) is 0 Å². The lowest BCUT2D eigenvalue weighted by atomic mass is 9.98. The lowest BCUT2D eigenvalue weighted by molar-refractivity contribution is 0.0982. The molecule has 1 saturated heterocycles. The Labute approximate surface area is 186 Å². The Kier molecular flexibility index (Phi) is 9.27. The molecule has 2 N–H and O–H groups in total. The number of aromatic nitrogens is 1. The van der Waals surface area contributed by atoms with Gasteiger partial charge in [-0.2, -0.15) is 0 Å². The van der Waals surface area contributed by atoms with Gasteiger partial charge in [0.2, 0.25) is 5.88 Å². The average Bonchev–Trinajstić information content (AvgIpc) is 3.52. The van der Waals surface area contributed by atoms with E-state index in [1.807, 2.05) is 19.3 Å². The fourth-order valence-corrected chi connectivity index (χ4v) is 3.41. The third kappa shape index (κ3) is 7.39. The van der Waals surface area contributed by atoms with Gasteiger partial charge in [0.15, 0.2) is 5.96 Å². The molecule has 2 fully saturated rings. The van der Waals surface area contributed by atoms with Crippen LogP contribution in [0.2, 0.25) is 0 Å². The zero-order valence-electron chi connectivity index (χ0n) is 17.5. The van der Waals surface area contributed by atoms with Gasteiger partial charge in [0.25, 0.3) is 0 Å². The highest BCUT2D eigenvalue weighted by Crippen LogP contribution is 2.29. The quantitative estimate of drug-likeness (QED) is 0.325. The summed E-state index contributed by atoms with van der Waals surface area (Å²) in [6, 6.07) is 4.02. The maximum Gasteiger partial charge on any atom is 0.213 e. The van der Waals surface area contributed by atoms with Crippen LogP contribution in [0.15, 0.2) is 23.3 Å². The molecule has 1 aromatic heterocycles. The molecule has 0 spiro atoms. The van der Waals surface area contributed by atoms with Gasteiger partial charge in [-0.15, -0.1) is 24.0 Å². The second-order valence-corrected chi connectivity index (χ2v) is 8.40. The van der Waals surface area contributed by atoms with Crippen LogP contribution in [0.4, 0.5) is 0 Å². The normalized spacial score (nSPS) is 18.3. The number of pyridine rings is 1. The number of hydrogen-bond acceptors (Lipinski definition) is 4. The molecule has 1 aliphatic heterocycles. The van der Waals surface area contributed by atoms with Gasteiger partial charge in [-0.3, -0.25) is 9.89 Å². The second kappa shape index (κ2) is 11.2. The van der Waals surface area contributed by atoms with Gasteiger partial charge in [-0.1, -0.05) is 12.5 Å². The van der Waals surface area contributed by atoms with E-state index in [2.05, 4.69) is 45.4 Å². The van der Waals surface area contributed by atoms with Crippen molar-refractivity contribution in [3.63, 3.8) is 0 Å². The first kappa shape index (κ1) is 23.2. The molecular formula is C21H36IN5O. The minimum Gasteiger partial charge on any atom is -0.477 e. The minimum atomic E-state index is 0. The molecule has 158 valence electrons. The molecule has 7 heteroatoms. The molecule has 0 amide bonds. The van der Waals surface area contributed by atoms with Crippen LogP contribution in [0.1, 0.15) is 51.5 Å². The Bertz CT molecular complexity index is 610. The molecule has 0 bridgehead atoms. The van der Waals surface area contributed by atoms with Crippen LogP contribution in [0.25, 0.3) is 0 Å². The topological polar surface area (TPSA) is 61.8 Å². The molecule has 1 saturated carbocycles. The number of nitrogens with zero attached hydrogens (tertiary/aromatic N) is 3. The predicted molar refractivity (Wildman–Crippen MR) is 126 cm³/mol. The molecule has 0 radical (unpaired) electrons. The van der Waals surface area contributed by atoms with Gasteiger partial charge >= 0.3 is 0 Å². The Morgan fingerprint density at radius 1 is 1.21 bits per heavy atom. The molecule has 0 aromatic carbocycles. The van der Waals surface area contributed by atoms with Crippen molar-refractivity contribution in [3.05, 3.63) is 23.9 Å². The number of nitrogens with one attached hydrogen (secondary N) is 2. The summed E-state index contributed by atoms with van der Waals surface area (Å²) in [5, 5.41) is 6.86. The molecule has 6 nitrogen and oxygen atoms in total. The molecule has 2 aliphatic rings. The number of piperidine rings is 1. The van der Waals surface area contributed by atoms with Gasteiger partial charge in [0, 0.05) is 37.9 Å². The van der Waals surface area contributed by atoms with E-state index in [0.29, 0.717) is 6.54 Å². The van der Waals surface area contributed by atoms with Crippen LogP contribution in [0, 0.1) is 5.92 Å². The van der Waals surface area contributed by atoms with Crippen LogP contribution in [-0.4, -0.2) is 54.7 Å². The van der Waals surface area contributed by atoms with Crippen molar-refractivity contribution in [2.24, 2.45) is 10.9 Å². The fourth-order valence-electron chi connectivity index (χ4n) is 3.41. The van der Waals surface area contributed by atoms with Crippen molar-refractivity contribution in [1.82, 2.24) is 20.5 Å². The van der Waals surface area contributed by atoms with Crippen molar-refractivity contribution in [2.45, 2.75) is 58.0 Å². The van der Waals surface area contributed by atoms with Crippen LogP contribution in [0.3, 0.4) is 0 Å². The Morgan fingerprint density at radius 2 is 1.96 bits per heavy atom. The molecule has 0 atom stereocenters. The third-order valence-corrected chi connectivity index (χ3v) is 5.55. The minimum absolute atomic E-state index is 0. The number of likely N-dealkylation sites (tertiary alicyclic amines) is 1. The highest BCUT2D eigenvalue weighted by molar-refractivity contribution is 14.0. The van der Waals surface area contributed by atoms with Gasteiger partial charge in [0.05, 0.1) is 6.61 Å². The monoisotopic (exact) mass is 501 g/mol. The van der Waals surface area contributed by atoms with Crippen molar-refractivity contribution < 1.29 is 4.74 Å². The van der Waals surface area contributed by atoms with E-state index in [9.17, 15) is 0 Å². The number of hydrogen-bond donors (Lipinski definition) is 2. The van der Waals surface area contributed by atoms with Crippen LogP contribution in [0.5, 0.6) is 5.88 Å². The smallest absolute Gasteiger partial charge is 0.213 e. The van der Waals surface area contributed by atoms with E-state index in [1.165, 1.54) is 45.2 Å². The maximum atomic E-state index is 5.69. The van der Waals surface area contributed by atoms with Crippen molar-refractivity contribution in [3.8, 4) is 5.88 Å². The maximum absolute atomic E-state index is 5.69. The van der Waals surface area contributed by atoms with Gasteiger partial charge in [0.1, 0.15) is 0 Å². The van der Waals surface area contributed by atoms with E-state index in [-0.39, 0.29) is 29.5 Å². The highest BCUT2D eigenvalue weighted by Gasteiger charge is 2.27. The summed E-state index contributed by atoms with van der Waals surface area (Å²) in [5.74, 6) is 2.29. The lowest BCUT2D eigenvalue weighted by Gasteiger charge is -2.41. The molecule has 1 aliphatic carbocycles. The van der Waals surface area contributed by atoms with Crippen LogP contribution < -0.4 is 15.4 Å². The summed E-state index contributed by atoms with van der Waals surface area (Å²) in [6.45, 7) is 9.38. The zero-order valence-corrected chi connectivity index (χ0v) is 19.9. The molecule has 28 heavy (non-hydrogen) atoms. The second-order valence-electron chi connectivity index (χ2n) is 8.40. The SMILES string of the molecule is CN=C(NCc1ccc(OCC2CC2)nc1)NCC(C)(C)N1CCCCC1.I. The number of ether oxygens (including phenoxy) is 1. The van der Waals surface area contributed by atoms with Crippen LogP contribution >= 0.6 is 24.0 Å². The third-order valence-electron chi connectivity index (χ3n) is 5.55. The Morgan fingerprint density at radius 3 is 2.57 bits per heavy atom. The van der Waals surface area contributed by atoms with E-state index >= 15 is 0 Å². The van der Waals surface area contributed by atoms with Crippen molar-refractivity contribution in [1.29, 1.82) is 0 Å². The van der Waals surface area contributed by atoms with E-state index in [4.69, 9.17) is 4.74 Å². The first-order valence-electron chi connectivity index (χ1n) is 10.3. The molecule has 1 aromatic rings. The number of rotatable bonds is 8. The predicted octanol–water partition coefficient (Wildman–Crippen LogP) is 3.42. The number of aliphatic imine (C=N–C) groups is 1. The van der Waals surface area contributed by atoms with Crippen molar-refractivity contribution in [2.75, 3.05) is 33.3 Å². The standard InChI is InChI=1S/C21H35N5O.HI/c1-21(2,26-11-5-4-6-12-26)16-25-20(22-3)24-14-18-9-10-19(23-13-18)27-15-17-7-8-17;/h9-10,13,17H,4-8,11-12,14-16H2,1-3H3,(H2,22,24,25);1H. The summed E-state index contributed by atoms with van der Waals surface area (Å²) < 4.78 is 5.69. The largest absolute Gasteiger partial charge is 0.477 e. The van der Waals surface area contributed by atoms with Gasteiger partial charge < -0.3 is 15.4 Å². The summed E-state index contributed by atoms with van der Waals surface area (Å²) in [6.07, 6.45) is 8.45. The summed E-state index contributed by atoms with van der Waals surface area (Å²) in [4.78, 5) is 11.3. The van der Waals surface area contributed by atoms with Crippen molar-refractivity contribution >= 4 is 29.9 Å². The Balaban J connectivity index is 0.00000280. The molecule has 2 heterocycles. The highest BCUT2D eigenvalue weighted by atomic mass is 127. The first-order valence-corrected chi connectivity index (χ1v) is 10.3. The fraction of sp³-hybridized carbons (Fsp3) is 0.714. The average molecular weight is 501 g/mol. The number of halogens is 1. The van der Waals surface area contributed by atoms with E-state index in [0.717, 1.165) is 36.5 Å². The molecule has 3 rings (SSSR count). The van der Waals surface area contributed by atoms with Gasteiger partial charge in [-0.05, 0) is 64.1 Å². The Hall–Kier alpha value is -1.09. The zero-order chi connectivity index (χ0) is 19.1. The van der Waals surface area contributed by atoms with Crippen LogP contribution in [-0.2, 0) is 6.54 Å².